The number of benzene rings is 1. The number of nitrogens with zero attached hydrogens (tertiary/aromatic N) is 3. The Kier molecular flexibility index (Phi) is 4.77. The van der Waals surface area contributed by atoms with Gasteiger partial charge < -0.3 is 9.64 Å². The van der Waals surface area contributed by atoms with E-state index in [0.717, 1.165) is 48.1 Å². The van der Waals surface area contributed by atoms with Gasteiger partial charge in [0.25, 0.3) is 0 Å². The summed E-state index contributed by atoms with van der Waals surface area (Å²) >= 11 is 5.34. The van der Waals surface area contributed by atoms with E-state index in [1.165, 1.54) is 5.56 Å². The zero-order valence-electron chi connectivity index (χ0n) is 12.0. The van der Waals surface area contributed by atoms with Gasteiger partial charge in [-0.1, -0.05) is 15.9 Å². The van der Waals surface area contributed by atoms with Gasteiger partial charge in [-0.05, 0) is 23.8 Å². The van der Waals surface area contributed by atoms with E-state index in [1.54, 1.807) is 18.4 Å². The number of rotatable bonds is 4. The van der Waals surface area contributed by atoms with Crippen molar-refractivity contribution in [3.8, 4) is 5.75 Å². The average Bonchev–Trinajstić information content (AvgIpc) is 3.04. The Labute approximate surface area is 137 Å². The first-order chi connectivity index (χ1) is 10.3. The normalized spacial score (nSPS) is 16.2. The lowest BCUT2D eigenvalue weighted by atomic mass is 10.2. The fourth-order valence-corrected chi connectivity index (χ4v) is 3.58. The van der Waals surface area contributed by atoms with Crippen molar-refractivity contribution >= 4 is 32.4 Å². The molecule has 0 unspecified atom stereocenters. The zero-order valence-corrected chi connectivity index (χ0v) is 14.4. The number of methoxy groups -OCH3 is 1. The van der Waals surface area contributed by atoms with Crippen LogP contribution in [-0.2, 0) is 6.54 Å². The first-order valence-electron chi connectivity index (χ1n) is 6.95. The van der Waals surface area contributed by atoms with Crippen molar-refractivity contribution in [2.45, 2.75) is 6.54 Å². The van der Waals surface area contributed by atoms with Crippen molar-refractivity contribution in [1.29, 1.82) is 0 Å². The summed E-state index contributed by atoms with van der Waals surface area (Å²) in [6.07, 6.45) is 1.87. The quantitative estimate of drug-likeness (QED) is 0.829. The number of hydrogen-bond donors (Lipinski definition) is 0. The smallest absolute Gasteiger partial charge is 0.185 e. The molecule has 4 nitrogen and oxygen atoms in total. The minimum absolute atomic E-state index is 0.912. The molecule has 21 heavy (non-hydrogen) atoms. The minimum Gasteiger partial charge on any atom is -0.497 e. The molecule has 0 radical (unpaired) electrons. The molecule has 1 fully saturated rings. The van der Waals surface area contributed by atoms with Crippen LogP contribution < -0.4 is 9.64 Å². The highest BCUT2D eigenvalue weighted by molar-refractivity contribution is 9.10. The van der Waals surface area contributed by atoms with Gasteiger partial charge in [0.1, 0.15) is 5.75 Å². The SMILES string of the molecule is COc1ccc(Br)c(CN2CCN(c3nccs3)CC2)c1. The van der Waals surface area contributed by atoms with Crippen molar-refractivity contribution in [2.75, 3.05) is 38.2 Å². The number of thiazole rings is 1. The summed E-state index contributed by atoms with van der Waals surface area (Å²) in [5.74, 6) is 0.912. The Hall–Kier alpha value is -1.11. The van der Waals surface area contributed by atoms with E-state index in [9.17, 15) is 0 Å². The Balaban J connectivity index is 1.60. The highest BCUT2D eigenvalue weighted by Gasteiger charge is 2.19. The molecule has 0 bridgehead atoms. The van der Waals surface area contributed by atoms with E-state index in [4.69, 9.17) is 4.74 Å². The van der Waals surface area contributed by atoms with Crippen LogP contribution in [0.2, 0.25) is 0 Å². The van der Waals surface area contributed by atoms with Gasteiger partial charge in [0, 0.05) is 48.8 Å². The standard InChI is InChI=1S/C15H18BrN3OS/c1-20-13-2-3-14(16)12(10-13)11-18-5-7-19(8-6-18)15-17-4-9-21-15/h2-4,9-10H,5-8,11H2,1H3. The third kappa shape index (κ3) is 3.56. The molecule has 3 rings (SSSR count). The van der Waals surface area contributed by atoms with E-state index < -0.39 is 0 Å². The summed E-state index contributed by atoms with van der Waals surface area (Å²) in [5.41, 5.74) is 1.28. The summed E-state index contributed by atoms with van der Waals surface area (Å²) in [6.45, 7) is 5.14. The predicted octanol–water partition coefficient (Wildman–Crippen LogP) is 3.24. The average molecular weight is 368 g/mol. The van der Waals surface area contributed by atoms with Crippen LogP contribution >= 0.6 is 27.3 Å². The van der Waals surface area contributed by atoms with Crippen molar-refractivity contribution < 1.29 is 4.74 Å². The van der Waals surface area contributed by atoms with Gasteiger partial charge in [-0.3, -0.25) is 4.90 Å². The molecule has 0 spiro atoms. The van der Waals surface area contributed by atoms with Crippen molar-refractivity contribution in [2.24, 2.45) is 0 Å². The lowest BCUT2D eigenvalue weighted by Gasteiger charge is -2.34. The minimum atomic E-state index is 0.912. The number of hydrogen-bond acceptors (Lipinski definition) is 5. The molecule has 2 aromatic rings. The second-order valence-electron chi connectivity index (χ2n) is 5.04. The fourth-order valence-electron chi connectivity index (χ4n) is 2.51. The Morgan fingerprint density at radius 1 is 1.29 bits per heavy atom. The molecule has 1 aromatic heterocycles. The van der Waals surface area contributed by atoms with Gasteiger partial charge in [-0.25, -0.2) is 4.98 Å². The van der Waals surface area contributed by atoms with E-state index in [2.05, 4.69) is 42.8 Å². The molecule has 0 saturated carbocycles. The summed E-state index contributed by atoms with van der Waals surface area (Å²) in [4.78, 5) is 9.23. The number of aromatic nitrogens is 1. The largest absolute Gasteiger partial charge is 0.497 e. The van der Waals surface area contributed by atoms with Crippen molar-refractivity contribution in [3.05, 3.63) is 39.8 Å². The number of ether oxygens (including phenoxy) is 1. The first-order valence-corrected chi connectivity index (χ1v) is 8.63. The molecule has 0 atom stereocenters. The van der Waals surface area contributed by atoms with Crippen LogP contribution in [-0.4, -0.2) is 43.2 Å². The summed E-state index contributed by atoms with van der Waals surface area (Å²) in [7, 11) is 1.71. The van der Waals surface area contributed by atoms with Crippen molar-refractivity contribution in [1.82, 2.24) is 9.88 Å². The van der Waals surface area contributed by atoms with Gasteiger partial charge in [-0.15, -0.1) is 11.3 Å². The molecular formula is C15H18BrN3OS. The Bertz CT molecular complexity index is 583. The first kappa shape index (κ1) is 14.8. The molecule has 6 heteroatoms. The highest BCUT2D eigenvalue weighted by Crippen LogP contribution is 2.25. The molecule has 1 saturated heterocycles. The van der Waals surface area contributed by atoms with Crippen LogP contribution in [0.25, 0.3) is 0 Å². The van der Waals surface area contributed by atoms with Gasteiger partial charge >= 0.3 is 0 Å². The topological polar surface area (TPSA) is 28.6 Å². The van der Waals surface area contributed by atoms with Gasteiger partial charge in [0.15, 0.2) is 5.13 Å². The van der Waals surface area contributed by atoms with Crippen LogP contribution in [0.15, 0.2) is 34.2 Å². The third-order valence-electron chi connectivity index (χ3n) is 3.71. The van der Waals surface area contributed by atoms with Gasteiger partial charge in [-0.2, -0.15) is 0 Å². The third-order valence-corrected chi connectivity index (χ3v) is 5.31. The maximum atomic E-state index is 5.31. The van der Waals surface area contributed by atoms with Crippen LogP contribution in [0.4, 0.5) is 5.13 Å². The fraction of sp³-hybridized carbons (Fsp3) is 0.400. The van der Waals surface area contributed by atoms with E-state index in [-0.39, 0.29) is 0 Å². The second kappa shape index (κ2) is 6.77. The molecule has 2 heterocycles. The van der Waals surface area contributed by atoms with Crippen LogP contribution in [0.1, 0.15) is 5.56 Å². The number of piperazine rings is 1. The van der Waals surface area contributed by atoms with Crippen LogP contribution in [0, 0.1) is 0 Å². The van der Waals surface area contributed by atoms with Gasteiger partial charge in [0.2, 0.25) is 0 Å². The molecular weight excluding hydrogens is 350 g/mol. The number of halogens is 1. The molecule has 1 aromatic carbocycles. The maximum absolute atomic E-state index is 5.31. The van der Waals surface area contributed by atoms with E-state index in [1.807, 2.05) is 17.6 Å². The van der Waals surface area contributed by atoms with Crippen LogP contribution in [0.3, 0.4) is 0 Å². The monoisotopic (exact) mass is 367 g/mol. The maximum Gasteiger partial charge on any atom is 0.185 e. The summed E-state index contributed by atoms with van der Waals surface area (Å²) < 4.78 is 6.45. The molecule has 0 N–H and O–H groups in total. The molecule has 1 aliphatic heterocycles. The molecule has 0 aliphatic carbocycles. The zero-order chi connectivity index (χ0) is 14.7. The number of anilines is 1. The van der Waals surface area contributed by atoms with Crippen molar-refractivity contribution in [3.63, 3.8) is 0 Å². The highest BCUT2D eigenvalue weighted by atomic mass is 79.9. The van der Waals surface area contributed by atoms with E-state index >= 15 is 0 Å². The van der Waals surface area contributed by atoms with E-state index in [0.29, 0.717) is 0 Å². The molecule has 1 aliphatic rings. The van der Waals surface area contributed by atoms with Crippen LogP contribution in [0.5, 0.6) is 5.75 Å². The summed E-state index contributed by atoms with van der Waals surface area (Å²) in [6, 6.07) is 6.14. The van der Waals surface area contributed by atoms with Gasteiger partial charge in [0.05, 0.1) is 7.11 Å². The molecule has 0 amide bonds. The summed E-state index contributed by atoms with van der Waals surface area (Å²) in [5, 5.41) is 3.17. The predicted molar refractivity (Wildman–Crippen MR) is 90.3 cm³/mol. The lowest BCUT2D eigenvalue weighted by molar-refractivity contribution is 0.249. The molecule has 112 valence electrons. The second-order valence-corrected chi connectivity index (χ2v) is 6.76. The lowest BCUT2D eigenvalue weighted by Crippen LogP contribution is -2.45. The Morgan fingerprint density at radius 2 is 2.10 bits per heavy atom. The Morgan fingerprint density at radius 3 is 2.76 bits per heavy atom.